The van der Waals surface area contributed by atoms with Crippen LogP contribution in [-0.2, 0) is 14.8 Å². The fourth-order valence-corrected chi connectivity index (χ4v) is 2.98. The first-order valence-electron chi connectivity index (χ1n) is 6.57. The summed E-state index contributed by atoms with van der Waals surface area (Å²) in [6.07, 6.45) is 1.18. The van der Waals surface area contributed by atoms with Crippen molar-refractivity contribution in [3.63, 3.8) is 0 Å². The molecule has 0 bridgehead atoms. The smallest absolute Gasteiger partial charge is 0.238 e. The molecular weight excluding hydrogens is 297 g/mol. The lowest BCUT2D eigenvalue weighted by molar-refractivity contribution is -0.117. The van der Waals surface area contributed by atoms with Crippen LogP contribution in [0.25, 0.3) is 0 Å². The summed E-state index contributed by atoms with van der Waals surface area (Å²) < 4.78 is 36.9. The van der Waals surface area contributed by atoms with Crippen LogP contribution in [0.15, 0.2) is 24.3 Å². The molecule has 2 rings (SSSR count). The van der Waals surface area contributed by atoms with Crippen LogP contribution in [0.4, 0.5) is 10.1 Å². The van der Waals surface area contributed by atoms with Crippen LogP contribution in [-0.4, -0.2) is 62.5 Å². The molecule has 0 aliphatic carbocycles. The molecule has 6 nitrogen and oxygen atoms in total. The van der Waals surface area contributed by atoms with Gasteiger partial charge in [-0.3, -0.25) is 9.69 Å². The molecule has 1 heterocycles. The van der Waals surface area contributed by atoms with Crippen molar-refractivity contribution in [2.75, 3.05) is 44.3 Å². The summed E-state index contributed by atoms with van der Waals surface area (Å²) in [6, 6.07) is 5.55. The van der Waals surface area contributed by atoms with Crippen molar-refractivity contribution < 1.29 is 17.6 Å². The molecule has 116 valence electrons. The first-order chi connectivity index (χ1) is 9.84. The van der Waals surface area contributed by atoms with Crippen molar-refractivity contribution in [2.45, 2.75) is 0 Å². The monoisotopic (exact) mass is 315 g/mol. The first kappa shape index (κ1) is 15.9. The highest BCUT2D eigenvalue weighted by atomic mass is 32.2. The first-order valence-corrected chi connectivity index (χ1v) is 8.42. The third-order valence-electron chi connectivity index (χ3n) is 3.30. The minimum absolute atomic E-state index is 0.189. The fraction of sp³-hybridized carbons (Fsp3) is 0.462. The van der Waals surface area contributed by atoms with E-state index in [0.29, 0.717) is 31.9 Å². The van der Waals surface area contributed by atoms with Gasteiger partial charge in [0.05, 0.1) is 12.8 Å². The second-order valence-electron chi connectivity index (χ2n) is 4.99. The molecule has 1 fully saturated rings. The number of benzene rings is 1. The van der Waals surface area contributed by atoms with Crippen molar-refractivity contribution in [3.8, 4) is 0 Å². The van der Waals surface area contributed by atoms with E-state index in [2.05, 4.69) is 5.32 Å². The summed E-state index contributed by atoms with van der Waals surface area (Å²) in [5.74, 6) is -0.556. The maximum Gasteiger partial charge on any atom is 0.238 e. The van der Waals surface area contributed by atoms with Crippen molar-refractivity contribution in [1.82, 2.24) is 9.21 Å². The fourth-order valence-electron chi connectivity index (χ4n) is 2.16. The molecule has 21 heavy (non-hydrogen) atoms. The number of nitrogens with one attached hydrogen (secondary N) is 1. The molecule has 0 aromatic heterocycles. The quantitative estimate of drug-likeness (QED) is 0.870. The summed E-state index contributed by atoms with van der Waals surface area (Å²) in [5.41, 5.74) is 0.538. The van der Waals surface area contributed by atoms with Crippen LogP contribution in [0.2, 0.25) is 0 Å². The zero-order valence-corrected chi connectivity index (χ0v) is 12.6. The van der Waals surface area contributed by atoms with Gasteiger partial charge in [-0.05, 0) is 24.3 Å². The van der Waals surface area contributed by atoms with Gasteiger partial charge in [0.2, 0.25) is 15.9 Å². The van der Waals surface area contributed by atoms with Crippen LogP contribution in [0, 0.1) is 5.82 Å². The number of hydrogen-bond acceptors (Lipinski definition) is 4. The van der Waals surface area contributed by atoms with Crippen LogP contribution < -0.4 is 5.32 Å². The summed E-state index contributed by atoms with van der Waals surface area (Å²) >= 11 is 0. The molecule has 1 aliphatic rings. The van der Waals surface area contributed by atoms with Crippen molar-refractivity contribution in [3.05, 3.63) is 30.1 Å². The molecule has 1 aliphatic heterocycles. The summed E-state index contributed by atoms with van der Waals surface area (Å²) in [5, 5.41) is 2.68. The molecule has 0 radical (unpaired) electrons. The number of carbonyl (C=O) groups is 1. The molecule has 1 N–H and O–H groups in total. The maximum absolute atomic E-state index is 12.8. The summed E-state index contributed by atoms with van der Waals surface area (Å²) in [6.45, 7) is 2.01. The van der Waals surface area contributed by atoms with Gasteiger partial charge < -0.3 is 5.32 Å². The molecule has 1 aromatic carbocycles. The Bertz CT molecular complexity index is 596. The minimum Gasteiger partial charge on any atom is -0.325 e. The van der Waals surface area contributed by atoms with E-state index in [-0.39, 0.29) is 18.3 Å². The van der Waals surface area contributed by atoms with Gasteiger partial charge in [0.1, 0.15) is 5.82 Å². The van der Waals surface area contributed by atoms with Gasteiger partial charge in [0.25, 0.3) is 0 Å². The number of nitrogens with zero attached hydrogens (tertiary/aromatic N) is 2. The van der Waals surface area contributed by atoms with Crippen LogP contribution in [0.3, 0.4) is 0 Å². The molecule has 8 heteroatoms. The molecule has 0 atom stereocenters. The van der Waals surface area contributed by atoms with Crippen LogP contribution >= 0.6 is 0 Å². The second kappa shape index (κ2) is 6.50. The van der Waals surface area contributed by atoms with Crippen molar-refractivity contribution in [1.29, 1.82) is 0 Å². The number of hydrogen-bond donors (Lipinski definition) is 1. The lowest BCUT2D eigenvalue weighted by atomic mass is 10.3. The Kier molecular flexibility index (Phi) is 4.92. The lowest BCUT2D eigenvalue weighted by Gasteiger charge is -2.32. The molecular formula is C13H18FN3O3S. The highest BCUT2D eigenvalue weighted by molar-refractivity contribution is 7.88. The van der Waals surface area contributed by atoms with E-state index in [9.17, 15) is 17.6 Å². The molecule has 1 aromatic rings. The standard InChI is InChI=1S/C13H18FN3O3S/c1-21(19,20)17-8-6-16(7-9-17)10-13(18)15-12-4-2-11(14)3-5-12/h2-5H,6-10H2,1H3,(H,15,18). The molecule has 1 saturated heterocycles. The van der Waals surface area contributed by atoms with E-state index in [4.69, 9.17) is 0 Å². The van der Waals surface area contributed by atoms with E-state index >= 15 is 0 Å². The zero-order valence-electron chi connectivity index (χ0n) is 11.8. The number of rotatable bonds is 4. The second-order valence-corrected chi connectivity index (χ2v) is 6.98. The largest absolute Gasteiger partial charge is 0.325 e. The molecule has 0 saturated carbocycles. The highest BCUT2D eigenvalue weighted by Crippen LogP contribution is 2.09. The number of halogens is 1. The van der Waals surface area contributed by atoms with Gasteiger partial charge in [0, 0.05) is 31.9 Å². The Balaban J connectivity index is 1.80. The van der Waals surface area contributed by atoms with Crippen molar-refractivity contribution in [2.24, 2.45) is 0 Å². The number of sulfonamides is 1. The lowest BCUT2D eigenvalue weighted by Crippen LogP contribution is -2.50. The number of amides is 1. The van der Waals surface area contributed by atoms with Crippen LogP contribution in [0.1, 0.15) is 0 Å². The zero-order chi connectivity index (χ0) is 15.5. The third kappa shape index (κ3) is 4.76. The topological polar surface area (TPSA) is 69.7 Å². The van der Waals surface area contributed by atoms with Gasteiger partial charge >= 0.3 is 0 Å². The van der Waals surface area contributed by atoms with Gasteiger partial charge in [-0.15, -0.1) is 0 Å². The number of carbonyl (C=O) groups excluding carboxylic acids is 1. The Morgan fingerprint density at radius 1 is 1.19 bits per heavy atom. The average molecular weight is 315 g/mol. The van der Waals surface area contributed by atoms with Crippen LogP contribution in [0.5, 0.6) is 0 Å². The van der Waals surface area contributed by atoms with Gasteiger partial charge in [0.15, 0.2) is 0 Å². The number of anilines is 1. The van der Waals surface area contributed by atoms with E-state index < -0.39 is 10.0 Å². The predicted octanol–water partition coefficient (Wildman–Crippen LogP) is 0.341. The third-order valence-corrected chi connectivity index (χ3v) is 4.60. The molecule has 0 unspecified atom stereocenters. The van der Waals surface area contributed by atoms with E-state index in [1.54, 1.807) is 0 Å². The summed E-state index contributed by atoms with van der Waals surface area (Å²) in [7, 11) is -3.16. The molecule has 0 spiro atoms. The van der Waals surface area contributed by atoms with Gasteiger partial charge in [-0.25, -0.2) is 12.8 Å². The average Bonchev–Trinajstić information content (AvgIpc) is 2.41. The SMILES string of the molecule is CS(=O)(=O)N1CCN(CC(=O)Nc2ccc(F)cc2)CC1. The van der Waals surface area contributed by atoms with Gasteiger partial charge in [-0.1, -0.05) is 0 Å². The minimum atomic E-state index is -3.16. The Morgan fingerprint density at radius 3 is 2.29 bits per heavy atom. The Morgan fingerprint density at radius 2 is 1.76 bits per heavy atom. The van der Waals surface area contributed by atoms with Crippen molar-refractivity contribution >= 4 is 21.6 Å². The predicted molar refractivity (Wildman–Crippen MR) is 77.9 cm³/mol. The molecule has 1 amide bonds. The van der Waals surface area contributed by atoms with E-state index in [0.717, 1.165) is 0 Å². The van der Waals surface area contributed by atoms with E-state index in [1.165, 1.54) is 34.8 Å². The Hall–Kier alpha value is -1.51. The normalized spacial score (nSPS) is 17.6. The number of piperazine rings is 1. The van der Waals surface area contributed by atoms with E-state index in [1.807, 2.05) is 4.90 Å². The Labute approximate surface area is 123 Å². The maximum atomic E-state index is 12.8. The summed E-state index contributed by atoms with van der Waals surface area (Å²) in [4.78, 5) is 13.8. The van der Waals surface area contributed by atoms with Gasteiger partial charge in [-0.2, -0.15) is 4.31 Å². The highest BCUT2D eigenvalue weighted by Gasteiger charge is 2.24.